The number of likely N-dealkylation sites (tertiary alicyclic amines) is 1. The van der Waals surface area contributed by atoms with Crippen LogP contribution in [0.15, 0.2) is 46.9 Å². The van der Waals surface area contributed by atoms with Gasteiger partial charge in [-0.1, -0.05) is 18.2 Å². The SMILES string of the molecule is O=C(c1ccc(Oc2ccccc2)o1)N1CC[C@H](O)[C@@]2(CCCNC2=O)C1. The number of nitrogens with zero attached hydrogens (tertiary/aromatic N) is 1. The van der Waals surface area contributed by atoms with E-state index in [2.05, 4.69) is 5.32 Å². The third-order valence-corrected chi connectivity index (χ3v) is 5.36. The number of hydrogen-bond donors (Lipinski definition) is 2. The molecule has 2 amide bonds. The first-order chi connectivity index (χ1) is 13.1. The van der Waals surface area contributed by atoms with Gasteiger partial charge in [0.15, 0.2) is 5.76 Å². The van der Waals surface area contributed by atoms with Gasteiger partial charge in [0.25, 0.3) is 11.9 Å². The minimum absolute atomic E-state index is 0.156. The van der Waals surface area contributed by atoms with Crippen LogP contribution in [0.2, 0.25) is 0 Å². The molecule has 2 aliphatic heterocycles. The molecule has 0 saturated carbocycles. The first kappa shape index (κ1) is 17.6. The lowest BCUT2D eigenvalue weighted by Crippen LogP contribution is -2.62. The molecule has 0 bridgehead atoms. The van der Waals surface area contributed by atoms with Gasteiger partial charge in [0.05, 0.1) is 11.5 Å². The van der Waals surface area contributed by atoms with Gasteiger partial charge in [0.1, 0.15) is 5.75 Å². The van der Waals surface area contributed by atoms with Gasteiger partial charge < -0.3 is 24.5 Å². The number of nitrogens with one attached hydrogen (secondary N) is 1. The lowest BCUT2D eigenvalue weighted by molar-refractivity contribution is -0.147. The van der Waals surface area contributed by atoms with Crippen LogP contribution in [-0.4, -0.2) is 47.6 Å². The predicted octanol–water partition coefficient (Wildman–Crippen LogP) is 2.18. The molecule has 2 saturated heterocycles. The number of ether oxygens (including phenoxy) is 1. The van der Waals surface area contributed by atoms with E-state index in [0.29, 0.717) is 31.7 Å². The van der Waals surface area contributed by atoms with Crippen LogP contribution in [0, 0.1) is 5.41 Å². The zero-order chi connectivity index (χ0) is 18.9. The molecule has 27 heavy (non-hydrogen) atoms. The molecule has 0 radical (unpaired) electrons. The minimum Gasteiger partial charge on any atom is -0.426 e. The fraction of sp³-hybridized carbons (Fsp3) is 0.400. The maximum Gasteiger partial charge on any atom is 0.290 e. The molecule has 142 valence electrons. The van der Waals surface area contributed by atoms with Crippen molar-refractivity contribution in [2.24, 2.45) is 5.41 Å². The molecular formula is C20H22N2O5. The van der Waals surface area contributed by atoms with Crippen molar-refractivity contribution in [3.05, 3.63) is 48.2 Å². The van der Waals surface area contributed by atoms with E-state index < -0.39 is 11.5 Å². The highest BCUT2D eigenvalue weighted by Gasteiger charge is 2.50. The first-order valence-corrected chi connectivity index (χ1v) is 9.17. The quantitative estimate of drug-likeness (QED) is 0.864. The Morgan fingerprint density at radius 2 is 2.07 bits per heavy atom. The van der Waals surface area contributed by atoms with Crippen molar-refractivity contribution in [1.29, 1.82) is 0 Å². The van der Waals surface area contributed by atoms with E-state index in [1.54, 1.807) is 29.2 Å². The number of carbonyl (C=O) groups is 2. The average Bonchev–Trinajstić information content (AvgIpc) is 3.15. The summed E-state index contributed by atoms with van der Waals surface area (Å²) in [5, 5.41) is 13.3. The molecule has 2 N–H and O–H groups in total. The van der Waals surface area contributed by atoms with Gasteiger partial charge in [-0.15, -0.1) is 0 Å². The number of piperidine rings is 2. The van der Waals surface area contributed by atoms with Gasteiger partial charge in [0.2, 0.25) is 5.91 Å². The van der Waals surface area contributed by atoms with E-state index in [1.807, 2.05) is 18.2 Å². The third kappa shape index (κ3) is 3.30. The van der Waals surface area contributed by atoms with Crippen molar-refractivity contribution in [1.82, 2.24) is 10.2 Å². The van der Waals surface area contributed by atoms with Crippen LogP contribution in [-0.2, 0) is 4.79 Å². The Bertz CT molecular complexity index is 834. The molecular weight excluding hydrogens is 348 g/mol. The molecule has 1 aromatic carbocycles. The van der Waals surface area contributed by atoms with Crippen LogP contribution in [0.5, 0.6) is 11.7 Å². The molecule has 0 unspecified atom stereocenters. The highest BCUT2D eigenvalue weighted by atomic mass is 16.6. The number of furan rings is 1. The normalized spacial score (nSPS) is 25.3. The molecule has 2 atom stereocenters. The Kier molecular flexibility index (Phi) is 4.61. The number of para-hydroxylation sites is 1. The second kappa shape index (κ2) is 7.08. The maximum atomic E-state index is 12.9. The van der Waals surface area contributed by atoms with Crippen LogP contribution in [0.25, 0.3) is 0 Å². The highest BCUT2D eigenvalue weighted by Crippen LogP contribution is 2.38. The smallest absolute Gasteiger partial charge is 0.290 e. The van der Waals surface area contributed by atoms with Gasteiger partial charge in [-0.25, -0.2) is 0 Å². The number of carbonyl (C=O) groups excluding carboxylic acids is 2. The van der Waals surface area contributed by atoms with Gasteiger partial charge in [-0.3, -0.25) is 9.59 Å². The summed E-state index contributed by atoms with van der Waals surface area (Å²) in [6.07, 6.45) is 0.994. The van der Waals surface area contributed by atoms with Crippen LogP contribution in [0.1, 0.15) is 29.8 Å². The summed E-state index contributed by atoms with van der Waals surface area (Å²) in [4.78, 5) is 26.9. The minimum atomic E-state index is -0.928. The van der Waals surface area contributed by atoms with Crippen molar-refractivity contribution >= 4 is 11.8 Å². The van der Waals surface area contributed by atoms with E-state index in [1.165, 1.54) is 0 Å². The fourth-order valence-corrected chi connectivity index (χ4v) is 3.87. The van der Waals surface area contributed by atoms with E-state index in [-0.39, 0.29) is 30.1 Å². The largest absolute Gasteiger partial charge is 0.426 e. The number of hydrogen-bond acceptors (Lipinski definition) is 5. The molecule has 4 rings (SSSR count). The zero-order valence-corrected chi connectivity index (χ0v) is 14.9. The second-order valence-electron chi connectivity index (χ2n) is 7.08. The van der Waals surface area contributed by atoms with Crippen LogP contribution in [0.3, 0.4) is 0 Å². The topological polar surface area (TPSA) is 92.0 Å². The van der Waals surface area contributed by atoms with E-state index in [0.717, 1.165) is 6.42 Å². The summed E-state index contributed by atoms with van der Waals surface area (Å²) < 4.78 is 11.2. The molecule has 2 aromatic rings. The van der Waals surface area contributed by atoms with E-state index in [9.17, 15) is 14.7 Å². The van der Waals surface area contributed by atoms with Crippen molar-refractivity contribution in [3.8, 4) is 11.7 Å². The van der Waals surface area contributed by atoms with Crippen molar-refractivity contribution in [2.75, 3.05) is 19.6 Å². The third-order valence-electron chi connectivity index (χ3n) is 5.36. The Hall–Kier alpha value is -2.80. The summed E-state index contributed by atoms with van der Waals surface area (Å²) in [7, 11) is 0. The highest BCUT2D eigenvalue weighted by molar-refractivity contribution is 5.93. The number of benzene rings is 1. The summed E-state index contributed by atoms with van der Waals surface area (Å²) in [6.45, 7) is 1.18. The molecule has 3 heterocycles. The Morgan fingerprint density at radius 3 is 2.85 bits per heavy atom. The van der Waals surface area contributed by atoms with Crippen LogP contribution < -0.4 is 10.1 Å². The number of rotatable bonds is 3. The average molecular weight is 370 g/mol. The Morgan fingerprint density at radius 1 is 1.26 bits per heavy atom. The van der Waals surface area contributed by atoms with Crippen molar-refractivity contribution < 1.29 is 23.8 Å². The molecule has 2 fully saturated rings. The van der Waals surface area contributed by atoms with Crippen molar-refractivity contribution in [2.45, 2.75) is 25.4 Å². The standard InChI is InChI=1S/C20H22N2O5/c23-16-9-12-22(13-20(16)10-4-11-21-19(20)25)18(24)15-7-8-17(27-15)26-14-5-2-1-3-6-14/h1-3,5-8,16,23H,4,9-13H2,(H,21,25)/t16-,20+/m0/s1. The van der Waals surface area contributed by atoms with Crippen LogP contribution >= 0.6 is 0 Å². The van der Waals surface area contributed by atoms with Crippen molar-refractivity contribution in [3.63, 3.8) is 0 Å². The Labute approximate surface area is 156 Å². The lowest BCUT2D eigenvalue weighted by atomic mass is 9.71. The summed E-state index contributed by atoms with van der Waals surface area (Å²) in [5.41, 5.74) is -0.928. The summed E-state index contributed by atoms with van der Waals surface area (Å²) in [6, 6.07) is 12.3. The molecule has 1 aromatic heterocycles. The lowest BCUT2D eigenvalue weighted by Gasteiger charge is -2.46. The molecule has 1 spiro atoms. The summed E-state index contributed by atoms with van der Waals surface area (Å²) >= 11 is 0. The predicted molar refractivity (Wildman–Crippen MR) is 96.4 cm³/mol. The van der Waals surface area contributed by atoms with Gasteiger partial charge >= 0.3 is 0 Å². The van der Waals surface area contributed by atoms with Gasteiger partial charge in [-0.2, -0.15) is 0 Å². The van der Waals surface area contributed by atoms with Crippen LogP contribution in [0.4, 0.5) is 0 Å². The number of aliphatic hydroxyl groups excluding tert-OH is 1. The number of amides is 2. The van der Waals surface area contributed by atoms with E-state index in [4.69, 9.17) is 9.15 Å². The molecule has 2 aliphatic rings. The second-order valence-corrected chi connectivity index (χ2v) is 7.08. The van der Waals surface area contributed by atoms with Gasteiger partial charge in [-0.05, 0) is 37.5 Å². The van der Waals surface area contributed by atoms with E-state index >= 15 is 0 Å². The first-order valence-electron chi connectivity index (χ1n) is 9.17. The molecule has 7 nitrogen and oxygen atoms in total. The fourth-order valence-electron chi connectivity index (χ4n) is 3.87. The number of aliphatic hydroxyl groups is 1. The maximum absolute atomic E-state index is 12.9. The zero-order valence-electron chi connectivity index (χ0n) is 14.9. The molecule has 0 aliphatic carbocycles. The summed E-state index contributed by atoms with van der Waals surface area (Å²) in [5.74, 6) is 0.522. The monoisotopic (exact) mass is 370 g/mol. The van der Waals surface area contributed by atoms with Gasteiger partial charge in [0, 0.05) is 25.7 Å². The Balaban J connectivity index is 1.49. The molecule has 7 heteroatoms.